The number of ether oxygens (including phenoxy) is 1. The van der Waals surface area contributed by atoms with Gasteiger partial charge in [-0.05, 0) is 43.5 Å². The van der Waals surface area contributed by atoms with Crippen LogP contribution in [0.15, 0.2) is 18.2 Å². The zero-order valence-electron chi connectivity index (χ0n) is 13.4. The highest BCUT2D eigenvalue weighted by atomic mass is 35.5. The van der Waals surface area contributed by atoms with Crippen LogP contribution in [-0.4, -0.2) is 23.2 Å². The van der Waals surface area contributed by atoms with Crippen LogP contribution in [0.4, 0.5) is 4.79 Å². The lowest BCUT2D eigenvalue weighted by atomic mass is 10.1. The van der Waals surface area contributed by atoms with E-state index in [2.05, 4.69) is 28.8 Å². The minimum Gasteiger partial charge on any atom is -0.412 e. The lowest BCUT2D eigenvalue weighted by Gasteiger charge is -2.07. The Morgan fingerprint density at radius 2 is 2.17 bits per heavy atom. The van der Waals surface area contributed by atoms with E-state index in [1.54, 1.807) is 7.05 Å². The molecular formula is C17H21ClN2O3. The number of nitrogens with zero attached hydrogens (tertiary/aromatic N) is 1. The van der Waals surface area contributed by atoms with Gasteiger partial charge in [0.05, 0.1) is 5.92 Å². The molecule has 2 aromatic rings. The molecule has 6 heteroatoms. The summed E-state index contributed by atoms with van der Waals surface area (Å²) in [5.74, 6) is 7.20. The maximum absolute atomic E-state index is 11.3. The van der Waals surface area contributed by atoms with Crippen molar-refractivity contribution >= 4 is 29.4 Å². The number of hydrogen-bond donors (Lipinski definition) is 1. The van der Waals surface area contributed by atoms with Crippen molar-refractivity contribution in [3.05, 3.63) is 29.5 Å². The van der Waals surface area contributed by atoms with Crippen LogP contribution in [0.2, 0.25) is 0 Å². The number of carbonyl (C=O) groups is 1. The predicted molar refractivity (Wildman–Crippen MR) is 93.4 cm³/mol. The summed E-state index contributed by atoms with van der Waals surface area (Å²) in [7, 11) is 3.63. The zero-order valence-corrected chi connectivity index (χ0v) is 14.2. The molecule has 0 spiro atoms. The lowest BCUT2D eigenvalue weighted by molar-refractivity contribution is 0.203. The molecule has 3 N–H and O–H groups in total. The highest BCUT2D eigenvalue weighted by molar-refractivity contribution is 5.88. The summed E-state index contributed by atoms with van der Waals surface area (Å²) in [5.41, 5.74) is 3.80. The van der Waals surface area contributed by atoms with E-state index >= 15 is 0 Å². The summed E-state index contributed by atoms with van der Waals surface area (Å²) in [6.45, 7) is 1.88. The molecule has 1 aromatic carbocycles. The van der Waals surface area contributed by atoms with E-state index < -0.39 is 6.09 Å². The van der Waals surface area contributed by atoms with Crippen LogP contribution in [0.3, 0.4) is 0 Å². The maximum Gasteiger partial charge on any atom is 0.412 e. The molecule has 1 aromatic heterocycles. The zero-order chi connectivity index (χ0) is 15.0. The van der Waals surface area contributed by atoms with Gasteiger partial charge in [-0.25, -0.2) is 4.79 Å². The number of aromatic nitrogens is 1. The van der Waals surface area contributed by atoms with E-state index in [-0.39, 0.29) is 17.9 Å². The molecule has 0 aliphatic heterocycles. The summed E-state index contributed by atoms with van der Waals surface area (Å²) in [5, 5.41) is 3.62. The highest BCUT2D eigenvalue weighted by Crippen LogP contribution is 2.40. The van der Waals surface area contributed by atoms with Crippen LogP contribution >= 0.6 is 12.4 Å². The number of nitrogens with one attached hydrogen (secondary N) is 1. The molecule has 0 saturated carbocycles. The van der Waals surface area contributed by atoms with E-state index in [4.69, 9.17) is 4.74 Å². The minimum absolute atomic E-state index is 0. The third-order valence-electron chi connectivity index (χ3n) is 4.07. The number of benzene rings is 1. The Morgan fingerprint density at radius 3 is 2.83 bits per heavy atom. The number of halogens is 1. The van der Waals surface area contributed by atoms with Crippen LogP contribution in [0.5, 0.6) is 5.75 Å². The number of amides is 1. The Bertz CT molecular complexity index is 786. The number of carbonyl (C=O) groups excluding carboxylic acids is 1. The normalized spacial score (nSPS) is 14.8. The van der Waals surface area contributed by atoms with Crippen LogP contribution < -0.4 is 10.1 Å². The summed E-state index contributed by atoms with van der Waals surface area (Å²) in [4.78, 5) is 11.3. The first kappa shape index (κ1) is 18.9. The molecule has 1 aliphatic carbocycles. The summed E-state index contributed by atoms with van der Waals surface area (Å²) in [6.07, 6.45) is 1.64. The number of rotatable bonds is 1. The van der Waals surface area contributed by atoms with Crippen molar-refractivity contribution in [2.75, 3.05) is 7.05 Å². The third-order valence-corrected chi connectivity index (χ3v) is 4.07. The van der Waals surface area contributed by atoms with E-state index in [0.717, 1.165) is 23.7 Å². The molecular weight excluding hydrogens is 316 g/mol. The Balaban J connectivity index is 0.00000132. The number of aryl methyl sites for hydroxylation is 2. The molecule has 5 nitrogen and oxygen atoms in total. The van der Waals surface area contributed by atoms with E-state index in [9.17, 15) is 4.79 Å². The van der Waals surface area contributed by atoms with Gasteiger partial charge in [0.15, 0.2) is 0 Å². The standard InChI is InChI=1S/C17H18N2O2.ClH.H2O/c1-4-5-11-6-8-13-14-10-12(21-17(20)18-2)7-9-15(14)19(3)16(11)13;;/h7,9-11H,6,8H2,1-3H3,(H,18,20);1H;1H2. The van der Waals surface area contributed by atoms with Gasteiger partial charge in [0.25, 0.3) is 0 Å². The molecule has 0 bridgehead atoms. The Labute approximate surface area is 141 Å². The quantitative estimate of drug-likeness (QED) is 0.813. The van der Waals surface area contributed by atoms with Crippen molar-refractivity contribution in [1.29, 1.82) is 0 Å². The molecule has 124 valence electrons. The summed E-state index contributed by atoms with van der Waals surface area (Å²) >= 11 is 0. The van der Waals surface area contributed by atoms with Gasteiger partial charge < -0.3 is 20.1 Å². The highest BCUT2D eigenvalue weighted by Gasteiger charge is 2.27. The molecule has 1 heterocycles. The molecule has 23 heavy (non-hydrogen) atoms. The van der Waals surface area contributed by atoms with Gasteiger partial charge in [-0.3, -0.25) is 0 Å². The smallest absolute Gasteiger partial charge is 0.412 e. The van der Waals surface area contributed by atoms with Gasteiger partial charge in [-0.15, -0.1) is 18.3 Å². The first-order chi connectivity index (χ1) is 10.2. The molecule has 1 unspecified atom stereocenters. The Morgan fingerprint density at radius 1 is 1.43 bits per heavy atom. The lowest BCUT2D eigenvalue weighted by Crippen LogP contribution is -2.21. The van der Waals surface area contributed by atoms with E-state index in [1.807, 2.05) is 25.1 Å². The van der Waals surface area contributed by atoms with Crippen LogP contribution in [0.1, 0.15) is 30.5 Å². The van der Waals surface area contributed by atoms with Crippen molar-refractivity contribution < 1.29 is 15.0 Å². The molecule has 0 saturated heterocycles. The SMILES string of the molecule is CC#CC1CCc2c1n(C)c1ccc(OC(=O)NC)cc21.Cl.O. The Hall–Kier alpha value is -2.16. The molecule has 0 radical (unpaired) electrons. The molecule has 3 rings (SSSR count). The fourth-order valence-corrected chi connectivity index (χ4v) is 3.19. The van der Waals surface area contributed by atoms with Gasteiger partial charge in [-0.1, -0.05) is 5.92 Å². The first-order valence-corrected chi connectivity index (χ1v) is 7.08. The van der Waals surface area contributed by atoms with E-state index in [0.29, 0.717) is 11.7 Å². The number of hydrogen-bond acceptors (Lipinski definition) is 2. The molecule has 0 fully saturated rings. The van der Waals surface area contributed by atoms with E-state index in [1.165, 1.54) is 11.3 Å². The van der Waals surface area contributed by atoms with Crippen molar-refractivity contribution in [2.24, 2.45) is 7.05 Å². The van der Waals surface area contributed by atoms with Gasteiger partial charge in [0.1, 0.15) is 5.75 Å². The van der Waals surface area contributed by atoms with Crippen molar-refractivity contribution in [3.63, 3.8) is 0 Å². The fourth-order valence-electron chi connectivity index (χ4n) is 3.19. The number of fused-ring (bicyclic) bond motifs is 3. The monoisotopic (exact) mass is 336 g/mol. The van der Waals surface area contributed by atoms with Crippen LogP contribution in [0, 0.1) is 11.8 Å². The topological polar surface area (TPSA) is 74.8 Å². The second-order valence-electron chi connectivity index (χ2n) is 5.23. The van der Waals surface area contributed by atoms with Gasteiger partial charge in [0.2, 0.25) is 0 Å². The van der Waals surface area contributed by atoms with Gasteiger partial charge >= 0.3 is 6.09 Å². The largest absolute Gasteiger partial charge is 0.412 e. The predicted octanol–water partition coefficient (Wildman–Crippen LogP) is 2.55. The van der Waals surface area contributed by atoms with Gasteiger partial charge in [-0.2, -0.15) is 0 Å². The maximum atomic E-state index is 11.3. The third kappa shape index (κ3) is 3.14. The fraction of sp³-hybridized carbons (Fsp3) is 0.353. The van der Waals surface area contributed by atoms with Crippen molar-refractivity contribution in [3.8, 4) is 17.6 Å². The van der Waals surface area contributed by atoms with Crippen molar-refractivity contribution in [1.82, 2.24) is 9.88 Å². The molecule has 1 atom stereocenters. The molecule has 1 aliphatic rings. The second kappa shape index (κ2) is 7.40. The van der Waals surface area contributed by atoms with Crippen molar-refractivity contribution in [2.45, 2.75) is 25.7 Å². The Kier molecular flexibility index (Phi) is 6.08. The average molecular weight is 337 g/mol. The first-order valence-electron chi connectivity index (χ1n) is 7.08. The van der Waals surface area contributed by atoms with Crippen LogP contribution in [0.25, 0.3) is 10.9 Å². The summed E-state index contributed by atoms with van der Waals surface area (Å²) < 4.78 is 7.45. The minimum atomic E-state index is -0.448. The molecule has 1 amide bonds. The second-order valence-corrected chi connectivity index (χ2v) is 5.23. The van der Waals surface area contributed by atoms with Crippen LogP contribution in [-0.2, 0) is 13.5 Å². The average Bonchev–Trinajstić information content (AvgIpc) is 3.01. The van der Waals surface area contributed by atoms with Gasteiger partial charge in [0, 0.05) is 30.7 Å². The summed E-state index contributed by atoms with van der Waals surface area (Å²) in [6, 6.07) is 5.78.